The Balaban J connectivity index is 2.73. The van der Waals surface area contributed by atoms with Gasteiger partial charge in [-0.15, -0.1) is 0 Å². The average Bonchev–Trinajstić information content (AvgIpc) is 2.08. The topological polar surface area (TPSA) is 48.4 Å². The van der Waals surface area contributed by atoms with E-state index in [4.69, 9.17) is 9.47 Å². The number of pyridine rings is 1. The lowest BCUT2D eigenvalue weighted by Gasteiger charge is -2.18. The smallest absolute Gasteiger partial charge is 0.428 e. The summed E-state index contributed by atoms with van der Waals surface area (Å²) >= 11 is 6.41. The summed E-state index contributed by atoms with van der Waals surface area (Å²) in [7, 11) is 0. The minimum absolute atomic E-state index is 0.309. The van der Waals surface area contributed by atoms with Crippen LogP contribution in [-0.2, 0) is 4.74 Å². The van der Waals surface area contributed by atoms with E-state index in [1.807, 2.05) is 0 Å². The Labute approximate surface area is 111 Å². The molecule has 1 rings (SSSR count). The Bertz CT molecular complexity index is 402. The van der Waals surface area contributed by atoms with Crippen LogP contribution in [0.4, 0.5) is 4.79 Å². The molecule has 0 fully saturated rings. The van der Waals surface area contributed by atoms with Gasteiger partial charge in [0.25, 0.3) is 0 Å². The SMILES string of the molecule is CC(C)(C)OC(=O)Oc1cc(Br)cnc1Br. The molecular weight excluding hydrogens is 342 g/mol. The van der Waals surface area contributed by atoms with Crippen LogP contribution < -0.4 is 4.74 Å². The Kier molecular flexibility index (Phi) is 4.32. The van der Waals surface area contributed by atoms with E-state index in [-0.39, 0.29) is 0 Å². The maximum absolute atomic E-state index is 11.4. The molecule has 0 radical (unpaired) electrons. The van der Waals surface area contributed by atoms with Gasteiger partial charge in [-0.1, -0.05) is 0 Å². The third-order valence-electron chi connectivity index (χ3n) is 1.36. The molecular formula is C10H11Br2NO3. The highest BCUT2D eigenvalue weighted by Gasteiger charge is 2.19. The quantitative estimate of drug-likeness (QED) is 0.567. The van der Waals surface area contributed by atoms with E-state index in [1.165, 1.54) is 0 Å². The zero-order valence-corrected chi connectivity index (χ0v) is 12.3. The largest absolute Gasteiger partial charge is 0.514 e. The Morgan fingerprint density at radius 1 is 1.38 bits per heavy atom. The van der Waals surface area contributed by atoms with Gasteiger partial charge >= 0.3 is 6.16 Å². The van der Waals surface area contributed by atoms with Crippen molar-refractivity contribution < 1.29 is 14.3 Å². The lowest BCUT2D eigenvalue weighted by molar-refractivity contribution is 0.0204. The summed E-state index contributed by atoms with van der Waals surface area (Å²) in [5.41, 5.74) is -0.580. The molecule has 1 aromatic rings. The monoisotopic (exact) mass is 351 g/mol. The van der Waals surface area contributed by atoms with Crippen LogP contribution in [0.2, 0.25) is 0 Å². The molecule has 0 saturated carbocycles. The van der Waals surface area contributed by atoms with Crippen molar-refractivity contribution in [1.82, 2.24) is 4.98 Å². The van der Waals surface area contributed by atoms with Gasteiger partial charge in [-0.2, -0.15) is 0 Å². The normalized spacial score (nSPS) is 11.1. The third kappa shape index (κ3) is 4.49. The van der Waals surface area contributed by atoms with Crippen molar-refractivity contribution in [3.63, 3.8) is 0 Å². The predicted molar refractivity (Wildman–Crippen MR) is 66.5 cm³/mol. The molecule has 1 aromatic heterocycles. The van der Waals surface area contributed by atoms with Crippen LogP contribution in [0.15, 0.2) is 21.3 Å². The highest BCUT2D eigenvalue weighted by molar-refractivity contribution is 9.11. The Morgan fingerprint density at radius 2 is 2.00 bits per heavy atom. The number of halogens is 2. The minimum atomic E-state index is -0.756. The summed E-state index contributed by atoms with van der Waals surface area (Å²) in [5.74, 6) is 0.309. The number of carbonyl (C=O) groups excluding carboxylic acids is 1. The molecule has 0 bridgehead atoms. The first kappa shape index (κ1) is 13.4. The average molecular weight is 353 g/mol. The second kappa shape index (κ2) is 5.14. The molecule has 0 N–H and O–H groups in total. The number of ether oxygens (including phenoxy) is 2. The molecule has 0 atom stereocenters. The molecule has 0 amide bonds. The standard InChI is InChI=1S/C10H11Br2NO3/c1-10(2,3)16-9(14)15-7-4-6(11)5-13-8(7)12/h4-5H,1-3H3. The van der Waals surface area contributed by atoms with Crippen molar-refractivity contribution in [2.45, 2.75) is 26.4 Å². The first-order valence-corrected chi connectivity index (χ1v) is 6.08. The van der Waals surface area contributed by atoms with Crippen LogP contribution in [0.1, 0.15) is 20.8 Å². The van der Waals surface area contributed by atoms with E-state index < -0.39 is 11.8 Å². The van der Waals surface area contributed by atoms with Crippen LogP contribution in [-0.4, -0.2) is 16.7 Å². The fourth-order valence-electron chi connectivity index (χ4n) is 0.836. The second-order valence-electron chi connectivity index (χ2n) is 4.01. The third-order valence-corrected chi connectivity index (χ3v) is 2.39. The molecule has 0 unspecified atom stereocenters. The number of hydrogen-bond acceptors (Lipinski definition) is 4. The summed E-state index contributed by atoms with van der Waals surface area (Å²) < 4.78 is 11.2. The maximum atomic E-state index is 11.4. The summed E-state index contributed by atoms with van der Waals surface area (Å²) in [6, 6.07) is 1.63. The van der Waals surface area contributed by atoms with Gasteiger partial charge in [0.05, 0.1) is 0 Å². The number of rotatable bonds is 1. The molecule has 0 aliphatic rings. The number of carbonyl (C=O) groups is 1. The lowest BCUT2D eigenvalue weighted by Crippen LogP contribution is -2.26. The predicted octanol–water partition coefficient (Wildman–Crippen LogP) is 3.92. The van der Waals surface area contributed by atoms with Gasteiger partial charge in [-0.3, -0.25) is 0 Å². The minimum Gasteiger partial charge on any atom is -0.428 e. The maximum Gasteiger partial charge on any atom is 0.514 e. The molecule has 0 aromatic carbocycles. The summed E-state index contributed by atoms with van der Waals surface area (Å²) in [5, 5.41) is 0. The zero-order valence-electron chi connectivity index (χ0n) is 9.08. The van der Waals surface area contributed by atoms with Gasteiger partial charge in [-0.25, -0.2) is 9.78 Å². The molecule has 16 heavy (non-hydrogen) atoms. The van der Waals surface area contributed by atoms with Gasteiger partial charge in [-0.05, 0) is 58.7 Å². The second-order valence-corrected chi connectivity index (χ2v) is 5.68. The summed E-state index contributed by atoms with van der Waals surface area (Å²) in [6.07, 6.45) is 0.833. The van der Waals surface area contributed by atoms with Crippen molar-refractivity contribution in [3.8, 4) is 5.75 Å². The molecule has 4 nitrogen and oxygen atoms in total. The highest BCUT2D eigenvalue weighted by atomic mass is 79.9. The molecule has 88 valence electrons. The van der Waals surface area contributed by atoms with Crippen molar-refractivity contribution in [1.29, 1.82) is 0 Å². The van der Waals surface area contributed by atoms with Crippen LogP contribution in [0.5, 0.6) is 5.75 Å². The van der Waals surface area contributed by atoms with E-state index in [0.29, 0.717) is 14.8 Å². The fraction of sp³-hybridized carbons (Fsp3) is 0.400. The fourth-order valence-corrected chi connectivity index (χ4v) is 1.44. The number of hydrogen-bond donors (Lipinski definition) is 0. The number of nitrogens with zero attached hydrogens (tertiary/aromatic N) is 1. The molecule has 0 aliphatic carbocycles. The van der Waals surface area contributed by atoms with Crippen LogP contribution in [0, 0.1) is 0 Å². The molecule has 0 aliphatic heterocycles. The Hall–Kier alpha value is -0.620. The van der Waals surface area contributed by atoms with Gasteiger partial charge in [0.2, 0.25) is 0 Å². The van der Waals surface area contributed by atoms with Crippen LogP contribution in [0.3, 0.4) is 0 Å². The summed E-state index contributed by atoms with van der Waals surface area (Å²) in [6.45, 7) is 5.30. The number of aromatic nitrogens is 1. The molecule has 1 heterocycles. The molecule has 0 saturated heterocycles. The highest BCUT2D eigenvalue weighted by Crippen LogP contribution is 2.26. The van der Waals surface area contributed by atoms with E-state index >= 15 is 0 Å². The van der Waals surface area contributed by atoms with Crippen LogP contribution >= 0.6 is 31.9 Å². The van der Waals surface area contributed by atoms with Crippen molar-refractivity contribution in [2.75, 3.05) is 0 Å². The van der Waals surface area contributed by atoms with Gasteiger partial charge in [0.15, 0.2) is 5.75 Å². The van der Waals surface area contributed by atoms with Crippen molar-refractivity contribution in [3.05, 3.63) is 21.3 Å². The molecule has 0 spiro atoms. The lowest BCUT2D eigenvalue weighted by atomic mass is 10.2. The Morgan fingerprint density at radius 3 is 2.56 bits per heavy atom. The van der Waals surface area contributed by atoms with E-state index in [1.54, 1.807) is 33.0 Å². The van der Waals surface area contributed by atoms with E-state index in [2.05, 4.69) is 36.8 Å². The molecule has 6 heteroatoms. The van der Waals surface area contributed by atoms with Crippen molar-refractivity contribution >= 4 is 38.0 Å². The van der Waals surface area contributed by atoms with Gasteiger partial charge in [0, 0.05) is 10.7 Å². The summed E-state index contributed by atoms with van der Waals surface area (Å²) in [4.78, 5) is 15.3. The van der Waals surface area contributed by atoms with Gasteiger partial charge < -0.3 is 9.47 Å². The van der Waals surface area contributed by atoms with Crippen molar-refractivity contribution in [2.24, 2.45) is 0 Å². The zero-order chi connectivity index (χ0) is 12.3. The van der Waals surface area contributed by atoms with Gasteiger partial charge in [0.1, 0.15) is 10.2 Å². The first-order valence-electron chi connectivity index (χ1n) is 4.50. The first-order chi connectivity index (χ1) is 7.28. The van der Waals surface area contributed by atoms with E-state index in [0.717, 1.165) is 0 Å². The van der Waals surface area contributed by atoms with E-state index in [9.17, 15) is 4.79 Å². The van der Waals surface area contributed by atoms with Crippen LogP contribution in [0.25, 0.3) is 0 Å².